The van der Waals surface area contributed by atoms with E-state index in [1.165, 1.54) is 0 Å². The third-order valence-electron chi connectivity index (χ3n) is 2.51. The lowest BCUT2D eigenvalue weighted by atomic mass is 10.1. The van der Waals surface area contributed by atoms with Crippen molar-refractivity contribution >= 4 is 12.0 Å². The molecule has 0 aliphatic carbocycles. The molecule has 0 unspecified atom stereocenters. The maximum atomic E-state index is 11.5. The minimum atomic E-state index is -0.973. The quantitative estimate of drug-likeness (QED) is 0.672. The van der Waals surface area contributed by atoms with Gasteiger partial charge in [0.05, 0.1) is 12.6 Å². The highest BCUT2D eigenvalue weighted by Crippen LogP contribution is 2.13. The van der Waals surface area contributed by atoms with Gasteiger partial charge in [0.25, 0.3) is 0 Å². The Morgan fingerprint density at radius 3 is 2.65 bits per heavy atom. The zero-order valence-electron chi connectivity index (χ0n) is 9.52. The monoisotopic (exact) mass is 240 g/mol. The predicted molar refractivity (Wildman–Crippen MR) is 60.4 cm³/mol. The standard InChI is InChI=1S/C11H16N2O4/c1-2-5-12-11(16)13-6-3-9(4-7-13)17-8-10(14)15/h1,9H,3-8H2,(H,12,16)(H,14,15). The first kappa shape index (κ1) is 13.3. The minimum Gasteiger partial charge on any atom is -0.480 e. The van der Waals surface area contributed by atoms with Crippen LogP contribution in [0.1, 0.15) is 12.8 Å². The van der Waals surface area contributed by atoms with Gasteiger partial charge in [0, 0.05) is 13.1 Å². The SMILES string of the molecule is C#CCNC(=O)N1CCC(OCC(=O)O)CC1. The number of carboxylic acids is 1. The Hall–Kier alpha value is -1.74. The maximum Gasteiger partial charge on any atom is 0.329 e. The lowest BCUT2D eigenvalue weighted by Gasteiger charge is -2.31. The number of hydrogen-bond donors (Lipinski definition) is 2. The number of carbonyl (C=O) groups excluding carboxylic acids is 1. The molecule has 6 heteroatoms. The van der Waals surface area contributed by atoms with Gasteiger partial charge in [-0.15, -0.1) is 6.42 Å². The molecule has 0 aromatic carbocycles. The molecule has 1 aliphatic rings. The van der Waals surface area contributed by atoms with Gasteiger partial charge in [-0.25, -0.2) is 9.59 Å². The molecule has 94 valence electrons. The average molecular weight is 240 g/mol. The number of aliphatic carboxylic acids is 1. The highest BCUT2D eigenvalue weighted by molar-refractivity contribution is 5.74. The van der Waals surface area contributed by atoms with E-state index in [1.54, 1.807) is 4.90 Å². The third kappa shape index (κ3) is 4.74. The van der Waals surface area contributed by atoms with Crippen molar-refractivity contribution < 1.29 is 19.4 Å². The molecule has 2 amide bonds. The van der Waals surface area contributed by atoms with Crippen LogP contribution < -0.4 is 5.32 Å². The molecule has 1 heterocycles. The van der Waals surface area contributed by atoms with Gasteiger partial charge in [-0.3, -0.25) is 0 Å². The van der Waals surface area contributed by atoms with E-state index in [-0.39, 0.29) is 25.3 Å². The molecule has 0 saturated carbocycles. The summed E-state index contributed by atoms with van der Waals surface area (Å²) in [6, 6.07) is -0.181. The third-order valence-corrected chi connectivity index (χ3v) is 2.51. The molecule has 0 spiro atoms. The Balaban J connectivity index is 2.23. The van der Waals surface area contributed by atoms with Crippen LogP contribution in [0.2, 0.25) is 0 Å². The Morgan fingerprint density at radius 1 is 1.47 bits per heavy atom. The predicted octanol–water partition coefficient (Wildman–Crippen LogP) is -0.105. The molecule has 17 heavy (non-hydrogen) atoms. The molecule has 1 rings (SSSR count). The number of terminal acetylenes is 1. The molecular formula is C11H16N2O4. The van der Waals surface area contributed by atoms with Gasteiger partial charge in [-0.2, -0.15) is 0 Å². The van der Waals surface area contributed by atoms with Crippen LogP contribution in [0.3, 0.4) is 0 Å². The lowest BCUT2D eigenvalue weighted by Crippen LogP contribution is -2.46. The van der Waals surface area contributed by atoms with Gasteiger partial charge < -0.3 is 20.1 Å². The summed E-state index contributed by atoms with van der Waals surface area (Å²) in [4.78, 5) is 23.5. The molecule has 6 nitrogen and oxygen atoms in total. The first-order valence-electron chi connectivity index (χ1n) is 5.43. The summed E-state index contributed by atoms with van der Waals surface area (Å²) in [6.45, 7) is 1.05. The van der Waals surface area contributed by atoms with Crippen LogP contribution in [0.5, 0.6) is 0 Å². The van der Waals surface area contributed by atoms with E-state index in [4.69, 9.17) is 16.3 Å². The van der Waals surface area contributed by atoms with Crippen molar-refractivity contribution in [2.24, 2.45) is 0 Å². The normalized spacial score (nSPS) is 16.3. The van der Waals surface area contributed by atoms with Crippen LogP contribution in [0.25, 0.3) is 0 Å². The number of nitrogens with one attached hydrogen (secondary N) is 1. The van der Waals surface area contributed by atoms with E-state index >= 15 is 0 Å². The lowest BCUT2D eigenvalue weighted by molar-refractivity contribution is -0.145. The van der Waals surface area contributed by atoms with Crippen LogP contribution in [0.15, 0.2) is 0 Å². The zero-order chi connectivity index (χ0) is 12.7. The molecule has 0 aromatic heterocycles. The van der Waals surface area contributed by atoms with Crippen molar-refractivity contribution in [1.82, 2.24) is 10.2 Å². The summed E-state index contributed by atoms with van der Waals surface area (Å²) in [5.41, 5.74) is 0. The van der Waals surface area contributed by atoms with Crippen LogP contribution in [-0.2, 0) is 9.53 Å². The van der Waals surface area contributed by atoms with E-state index in [9.17, 15) is 9.59 Å². The van der Waals surface area contributed by atoms with Crippen LogP contribution in [0.4, 0.5) is 4.79 Å². The van der Waals surface area contributed by atoms with Crippen LogP contribution in [-0.4, -0.2) is 54.4 Å². The second-order valence-corrected chi connectivity index (χ2v) is 3.75. The molecule has 1 fully saturated rings. The van der Waals surface area contributed by atoms with Crippen molar-refractivity contribution in [3.63, 3.8) is 0 Å². The summed E-state index contributed by atoms with van der Waals surface area (Å²) in [5, 5.41) is 11.0. The molecule has 0 bridgehead atoms. The summed E-state index contributed by atoms with van der Waals surface area (Å²) in [7, 11) is 0. The number of rotatable bonds is 4. The summed E-state index contributed by atoms with van der Waals surface area (Å²) >= 11 is 0. The van der Waals surface area contributed by atoms with Crippen molar-refractivity contribution in [3.05, 3.63) is 0 Å². The number of amides is 2. The summed E-state index contributed by atoms with van der Waals surface area (Å²) in [5.74, 6) is 1.36. The molecule has 2 N–H and O–H groups in total. The van der Waals surface area contributed by atoms with E-state index < -0.39 is 5.97 Å². The van der Waals surface area contributed by atoms with Gasteiger partial charge in [-0.1, -0.05) is 5.92 Å². The molecule has 0 aromatic rings. The number of urea groups is 1. The smallest absolute Gasteiger partial charge is 0.329 e. The Morgan fingerprint density at radius 2 is 2.12 bits per heavy atom. The second kappa shape index (κ2) is 6.76. The van der Waals surface area contributed by atoms with Crippen LogP contribution >= 0.6 is 0 Å². The largest absolute Gasteiger partial charge is 0.480 e. The molecule has 1 aliphatic heterocycles. The minimum absolute atomic E-state index is 0.0808. The molecule has 1 saturated heterocycles. The molecular weight excluding hydrogens is 224 g/mol. The Bertz CT molecular complexity index is 316. The molecule has 0 radical (unpaired) electrons. The summed E-state index contributed by atoms with van der Waals surface area (Å²) in [6.07, 6.45) is 6.26. The van der Waals surface area contributed by atoms with Gasteiger partial charge >= 0.3 is 12.0 Å². The van der Waals surface area contributed by atoms with Gasteiger partial charge in [0.1, 0.15) is 6.61 Å². The Kier molecular flexibility index (Phi) is 5.30. The fourth-order valence-corrected chi connectivity index (χ4v) is 1.65. The van der Waals surface area contributed by atoms with Gasteiger partial charge in [0.15, 0.2) is 0 Å². The average Bonchev–Trinajstić information content (AvgIpc) is 2.34. The topological polar surface area (TPSA) is 78.9 Å². The van der Waals surface area contributed by atoms with E-state index in [2.05, 4.69) is 11.2 Å². The second-order valence-electron chi connectivity index (χ2n) is 3.75. The molecule has 0 atom stereocenters. The number of hydrogen-bond acceptors (Lipinski definition) is 3. The van der Waals surface area contributed by atoms with Crippen molar-refractivity contribution in [1.29, 1.82) is 0 Å². The maximum absolute atomic E-state index is 11.5. The number of nitrogens with zero attached hydrogens (tertiary/aromatic N) is 1. The fourth-order valence-electron chi connectivity index (χ4n) is 1.65. The van der Waals surface area contributed by atoms with Crippen molar-refractivity contribution in [3.8, 4) is 12.3 Å². The Labute approximate surface area is 99.9 Å². The van der Waals surface area contributed by atoms with E-state index in [0.29, 0.717) is 25.9 Å². The highest BCUT2D eigenvalue weighted by atomic mass is 16.5. The first-order chi connectivity index (χ1) is 8.13. The zero-order valence-corrected chi connectivity index (χ0v) is 9.52. The van der Waals surface area contributed by atoms with Crippen molar-refractivity contribution in [2.75, 3.05) is 26.2 Å². The van der Waals surface area contributed by atoms with E-state index in [0.717, 1.165) is 0 Å². The van der Waals surface area contributed by atoms with Gasteiger partial charge in [0.2, 0.25) is 0 Å². The summed E-state index contributed by atoms with van der Waals surface area (Å²) < 4.78 is 5.16. The van der Waals surface area contributed by atoms with Gasteiger partial charge in [-0.05, 0) is 12.8 Å². The van der Waals surface area contributed by atoms with E-state index in [1.807, 2.05) is 0 Å². The fraction of sp³-hybridized carbons (Fsp3) is 0.636. The van der Waals surface area contributed by atoms with Crippen LogP contribution in [0, 0.1) is 12.3 Å². The number of carbonyl (C=O) groups is 2. The van der Waals surface area contributed by atoms with Crippen molar-refractivity contribution in [2.45, 2.75) is 18.9 Å². The highest BCUT2D eigenvalue weighted by Gasteiger charge is 2.23. The number of ether oxygens (including phenoxy) is 1. The number of likely N-dealkylation sites (tertiary alicyclic amines) is 1. The number of piperidine rings is 1. The number of carboxylic acid groups (broad SMARTS) is 1. The first-order valence-corrected chi connectivity index (χ1v) is 5.43.